The molecule has 2 heteroatoms. The highest BCUT2D eigenvalue weighted by Gasteiger charge is 2.46. The van der Waals surface area contributed by atoms with E-state index in [2.05, 4.69) is 63.2 Å². The van der Waals surface area contributed by atoms with Crippen LogP contribution >= 0.6 is 0 Å². The van der Waals surface area contributed by atoms with Gasteiger partial charge in [0.2, 0.25) is 0 Å². The van der Waals surface area contributed by atoms with Crippen LogP contribution in [-0.2, 0) is 16.6 Å². The summed E-state index contributed by atoms with van der Waals surface area (Å²) in [5, 5.41) is 0. The Morgan fingerprint density at radius 1 is 0.889 bits per heavy atom. The summed E-state index contributed by atoms with van der Waals surface area (Å²) >= 11 is 0. The van der Waals surface area contributed by atoms with E-state index in [1.54, 1.807) is 6.92 Å². The van der Waals surface area contributed by atoms with Gasteiger partial charge in [-0.15, -0.1) is 0 Å². The summed E-state index contributed by atoms with van der Waals surface area (Å²) in [6.07, 6.45) is 1.63. The normalized spacial score (nSPS) is 18.4. The molecule has 27 heavy (non-hydrogen) atoms. The summed E-state index contributed by atoms with van der Waals surface area (Å²) in [5.74, 6) is 0.209. The lowest BCUT2D eigenvalue weighted by molar-refractivity contribution is -0.121. The molecule has 4 rings (SSSR count). The number of carbonyl (C=O) groups excluding carboxylic acids is 1. The Morgan fingerprint density at radius 2 is 1.63 bits per heavy atom. The van der Waals surface area contributed by atoms with Crippen molar-refractivity contribution in [3.63, 3.8) is 0 Å². The summed E-state index contributed by atoms with van der Waals surface area (Å²) in [6, 6.07) is 18.8. The smallest absolute Gasteiger partial charge is 0.144 e. The molecule has 1 aliphatic rings. The third-order valence-electron chi connectivity index (χ3n) is 6.26. The van der Waals surface area contributed by atoms with Crippen molar-refractivity contribution >= 4 is 5.78 Å². The molecule has 1 heterocycles. The van der Waals surface area contributed by atoms with Gasteiger partial charge in [-0.2, -0.15) is 0 Å². The molecule has 0 N–H and O–H groups in total. The number of carbonyl (C=O) groups is 1. The molecule has 3 aromatic rings. The predicted octanol–water partition coefficient (Wildman–Crippen LogP) is 5.50. The quantitative estimate of drug-likeness (QED) is 0.621. The van der Waals surface area contributed by atoms with Crippen LogP contribution in [-0.4, -0.2) is 10.8 Å². The van der Waals surface area contributed by atoms with Gasteiger partial charge >= 0.3 is 0 Å². The van der Waals surface area contributed by atoms with Crippen molar-refractivity contribution in [1.82, 2.24) is 4.98 Å². The second-order valence-corrected chi connectivity index (χ2v) is 7.71. The number of rotatable bonds is 3. The number of nitrogens with zero attached hydrogens (tertiary/aromatic N) is 1. The number of aryl methyl sites for hydroxylation is 3. The first-order valence-electron chi connectivity index (χ1n) is 9.59. The van der Waals surface area contributed by atoms with Gasteiger partial charge in [0.05, 0.1) is 11.1 Å². The van der Waals surface area contributed by atoms with Crippen molar-refractivity contribution in [2.75, 3.05) is 0 Å². The van der Waals surface area contributed by atoms with Crippen LogP contribution in [0.15, 0.2) is 54.6 Å². The van der Waals surface area contributed by atoms with E-state index in [-0.39, 0.29) is 5.78 Å². The van der Waals surface area contributed by atoms with Gasteiger partial charge in [-0.1, -0.05) is 48.5 Å². The Hall–Kier alpha value is -2.74. The standard InChI is InChI=1S/C25H25NO/c1-16-9-7-11-21(18(16)3)25(19(4)27)15-14-24-22(25)12-13-23(26-24)20-10-6-5-8-17(20)2/h5-13H,14-15H2,1-4H3/t25-/m1/s1. The lowest BCUT2D eigenvalue weighted by atomic mass is 9.71. The van der Waals surface area contributed by atoms with Gasteiger partial charge in [-0.3, -0.25) is 9.78 Å². The van der Waals surface area contributed by atoms with Crippen LogP contribution < -0.4 is 0 Å². The van der Waals surface area contributed by atoms with Crippen LogP contribution in [0.2, 0.25) is 0 Å². The van der Waals surface area contributed by atoms with Crippen LogP contribution in [0.3, 0.4) is 0 Å². The number of pyridine rings is 1. The second kappa shape index (κ2) is 6.45. The van der Waals surface area contributed by atoms with Gasteiger partial charge < -0.3 is 0 Å². The number of Topliss-reactive ketones (excluding diaryl/α,β-unsaturated/α-hetero) is 1. The van der Waals surface area contributed by atoms with Gasteiger partial charge in [0.1, 0.15) is 5.78 Å². The molecule has 0 spiro atoms. The van der Waals surface area contributed by atoms with E-state index in [1.165, 1.54) is 16.7 Å². The molecule has 0 fully saturated rings. The summed E-state index contributed by atoms with van der Waals surface area (Å²) in [5.41, 5.74) is 8.53. The van der Waals surface area contributed by atoms with Gasteiger partial charge in [0, 0.05) is 11.3 Å². The fraction of sp³-hybridized carbons (Fsp3) is 0.280. The highest BCUT2D eigenvalue weighted by atomic mass is 16.1. The van der Waals surface area contributed by atoms with E-state index in [0.29, 0.717) is 0 Å². The zero-order valence-electron chi connectivity index (χ0n) is 16.5. The number of hydrogen-bond donors (Lipinski definition) is 0. The van der Waals surface area contributed by atoms with E-state index < -0.39 is 5.41 Å². The van der Waals surface area contributed by atoms with E-state index in [1.807, 2.05) is 12.1 Å². The topological polar surface area (TPSA) is 30.0 Å². The number of aromatic nitrogens is 1. The first-order valence-corrected chi connectivity index (χ1v) is 9.59. The van der Waals surface area contributed by atoms with Crippen molar-refractivity contribution in [2.45, 2.75) is 46.0 Å². The molecule has 0 saturated heterocycles. The Kier molecular flexibility index (Phi) is 4.22. The lowest BCUT2D eigenvalue weighted by Gasteiger charge is -2.30. The Morgan fingerprint density at radius 3 is 2.37 bits per heavy atom. The molecule has 1 aromatic heterocycles. The summed E-state index contributed by atoms with van der Waals surface area (Å²) in [7, 11) is 0. The first kappa shape index (κ1) is 17.7. The number of fused-ring (bicyclic) bond motifs is 1. The molecule has 1 atom stereocenters. The fourth-order valence-corrected chi connectivity index (χ4v) is 4.58. The lowest BCUT2D eigenvalue weighted by Crippen LogP contribution is -2.34. The number of hydrogen-bond acceptors (Lipinski definition) is 2. The maximum atomic E-state index is 13.0. The monoisotopic (exact) mass is 355 g/mol. The zero-order chi connectivity index (χ0) is 19.2. The predicted molar refractivity (Wildman–Crippen MR) is 110 cm³/mol. The van der Waals surface area contributed by atoms with Crippen LogP contribution in [0.5, 0.6) is 0 Å². The average molecular weight is 355 g/mol. The maximum absolute atomic E-state index is 13.0. The third-order valence-corrected chi connectivity index (χ3v) is 6.26. The molecular formula is C25H25NO. The Labute approximate surface area is 161 Å². The largest absolute Gasteiger partial charge is 0.299 e. The maximum Gasteiger partial charge on any atom is 0.144 e. The molecule has 0 amide bonds. The van der Waals surface area contributed by atoms with Crippen molar-refractivity contribution in [3.05, 3.63) is 88.1 Å². The summed E-state index contributed by atoms with van der Waals surface area (Å²) in [4.78, 5) is 18.0. The molecule has 0 unspecified atom stereocenters. The van der Waals surface area contributed by atoms with Crippen molar-refractivity contribution in [2.24, 2.45) is 0 Å². The Balaban J connectivity index is 1.90. The average Bonchev–Trinajstić information content (AvgIpc) is 3.04. The zero-order valence-corrected chi connectivity index (χ0v) is 16.5. The van der Waals surface area contributed by atoms with E-state index in [9.17, 15) is 4.79 Å². The number of ketones is 1. The van der Waals surface area contributed by atoms with E-state index in [4.69, 9.17) is 4.98 Å². The second-order valence-electron chi connectivity index (χ2n) is 7.71. The molecule has 0 bridgehead atoms. The minimum atomic E-state index is -0.567. The van der Waals surface area contributed by atoms with E-state index in [0.717, 1.165) is 40.9 Å². The van der Waals surface area contributed by atoms with Gasteiger partial charge in [0.15, 0.2) is 0 Å². The fourth-order valence-electron chi connectivity index (χ4n) is 4.58. The van der Waals surface area contributed by atoms with Crippen molar-refractivity contribution in [3.8, 4) is 11.3 Å². The third kappa shape index (κ3) is 2.63. The molecule has 1 aliphatic carbocycles. The Bertz CT molecular complexity index is 1050. The SMILES string of the molecule is CC(=O)[C@@]1(c2cccc(C)c2C)CCc2nc(-c3ccccc3C)ccc21. The molecular weight excluding hydrogens is 330 g/mol. The first-order chi connectivity index (χ1) is 12.9. The van der Waals surface area contributed by atoms with Gasteiger partial charge in [-0.05, 0) is 74.4 Å². The van der Waals surface area contributed by atoms with Crippen LogP contribution in [0, 0.1) is 20.8 Å². The van der Waals surface area contributed by atoms with Crippen LogP contribution in [0.4, 0.5) is 0 Å². The molecule has 0 radical (unpaired) electrons. The van der Waals surface area contributed by atoms with E-state index >= 15 is 0 Å². The number of benzene rings is 2. The molecule has 2 nitrogen and oxygen atoms in total. The molecule has 0 aliphatic heterocycles. The molecule has 136 valence electrons. The minimum Gasteiger partial charge on any atom is -0.299 e. The highest BCUT2D eigenvalue weighted by Crippen LogP contribution is 2.46. The summed E-state index contributed by atoms with van der Waals surface area (Å²) < 4.78 is 0. The highest BCUT2D eigenvalue weighted by molar-refractivity contribution is 5.93. The van der Waals surface area contributed by atoms with Crippen LogP contribution in [0.1, 0.15) is 46.9 Å². The minimum absolute atomic E-state index is 0.209. The summed E-state index contributed by atoms with van der Waals surface area (Å²) in [6.45, 7) is 8.08. The van der Waals surface area contributed by atoms with Crippen LogP contribution in [0.25, 0.3) is 11.3 Å². The molecule has 2 aromatic carbocycles. The van der Waals surface area contributed by atoms with Gasteiger partial charge in [-0.25, -0.2) is 0 Å². The van der Waals surface area contributed by atoms with Crippen molar-refractivity contribution < 1.29 is 4.79 Å². The van der Waals surface area contributed by atoms with Crippen molar-refractivity contribution in [1.29, 1.82) is 0 Å². The van der Waals surface area contributed by atoms with Gasteiger partial charge in [0.25, 0.3) is 0 Å². The molecule has 0 saturated carbocycles.